The minimum Gasteiger partial charge on any atom is -0.414 e. The van der Waals surface area contributed by atoms with Crippen molar-refractivity contribution in [3.63, 3.8) is 0 Å². The molecule has 4 nitrogen and oxygen atoms in total. The van der Waals surface area contributed by atoms with Crippen LogP contribution in [0.2, 0.25) is 0 Å². The Labute approximate surface area is 124 Å². The highest BCUT2D eigenvalue weighted by Crippen LogP contribution is 2.26. The van der Waals surface area contributed by atoms with Crippen LogP contribution >= 0.6 is 11.8 Å². The van der Waals surface area contributed by atoms with Gasteiger partial charge >= 0.3 is 0 Å². The molecule has 0 spiro atoms. The van der Waals surface area contributed by atoms with Crippen molar-refractivity contribution in [1.82, 2.24) is 10.2 Å². The molecule has 2 rings (SSSR count). The predicted molar refractivity (Wildman–Crippen MR) is 81.5 cm³/mol. The maximum Gasteiger partial charge on any atom is 0.276 e. The SMILES string of the molecule is Cc1ccc(C)c(CSc2nnc([C@@H](N)C(C)C)o2)c1. The number of hydrogen-bond donors (Lipinski definition) is 1. The molecule has 0 radical (unpaired) electrons. The lowest BCUT2D eigenvalue weighted by Gasteiger charge is -2.09. The summed E-state index contributed by atoms with van der Waals surface area (Å²) in [5.74, 6) is 1.63. The fourth-order valence-corrected chi connectivity index (χ4v) is 2.63. The lowest BCUT2D eigenvalue weighted by molar-refractivity contribution is 0.349. The second-order valence-electron chi connectivity index (χ2n) is 5.39. The summed E-state index contributed by atoms with van der Waals surface area (Å²) < 4.78 is 5.61. The van der Waals surface area contributed by atoms with Gasteiger partial charge in [-0.1, -0.05) is 49.4 Å². The fraction of sp³-hybridized carbons (Fsp3) is 0.467. The second kappa shape index (κ2) is 6.41. The van der Waals surface area contributed by atoms with Crippen LogP contribution < -0.4 is 5.73 Å². The largest absolute Gasteiger partial charge is 0.414 e. The molecule has 1 atom stereocenters. The summed E-state index contributed by atoms with van der Waals surface area (Å²) in [6.45, 7) is 8.29. The van der Waals surface area contributed by atoms with Crippen LogP contribution in [-0.4, -0.2) is 10.2 Å². The molecule has 1 heterocycles. The zero-order chi connectivity index (χ0) is 14.7. The number of thioether (sulfide) groups is 1. The molecule has 0 aliphatic heterocycles. The van der Waals surface area contributed by atoms with E-state index in [1.807, 2.05) is 13.8 Å². The Morgan fingerprint density at radius 3 is 2.70 bits per heavy atom. The lowest BCUT2D eigenvalue weighted by Crippen LogP contribution is -2.16. The Balaban J connectivity index is 2.03. The topological polar surface area (TPSA) is 64.9 Å². The van der Waals surface area contributed by atoms with Crippen molar-refractivity contribution in [3.05, 3.63) is 40.8 Å². The molecule has 20 heavy (non-hydrogen) atoms. The molecule has 0 amide bonds. The molecule has 0 fully saturated rings. The molecular formula is C15H21N3OS. The number of nitrogens with two attached hydrogens (primary N) is 1. The van der Waals surface area contributed by atoms with Gasteiger partial charge in [0.2, 0.25) is 5.89 Å². The van der Waals surface area contributed by atoms with Crippen molar-refractivity contribution < 1.29 is 4.42 Å². The molecule has 0 unspecified atom stereocenters. The summed E-state index contributed by atoms with van der Waals surface area (Å²) >= 11 is 1.55. The molecule has 0 aliphatic carbocycles. The quantitative estimate of drug-likeness (QED) is 0.852. The van der Waals surface area contributed by atoms with E-state index >= 15 is 0 Å². The van der Waals surface area contributed by atoms with Crippen molar-refractivity contribution >= 4 is 11.8 Å². The monoisotopic (exact) mass is 291 g/mol. The molecule has 0 saturated carbocycles. The second-order valence-corrected chi connectivity index (χ2v) is 6.32. The van der Waals surface area contributed by atoms with Crippen LogP contribution in [0.3, 0.4) is 0 Å². The Bertz CT molecular complexity index is 580. The van der Waals surface area contributed by atoms with E-state index in [2.05, 4.69) is 42.2 Å². The van der Waals surface area contributed by atoms with Gasteiger partial charge in [0.15, 0.2) is 0 Å². The van der Waals surface area contributed by atoms with Gasteiger partial charge in [-0.3, -0.25) is 0 Å². The first-order chi connectivity index (χ1) is 9.47. The van der Waals surface area contributed by atoms with Crippen molar-refractivity contribution in [2.75, 3.05) is 0 Å². The number of nitrogens with zero attached hydrogens (tertiary/aromatic N) is 2. The van der Waals surface area contributed by atoms with Crippen LogP contribution in [0.15, 0.2) is 27.8 Å². The van der Waals surface area contributed by atoms with Gasteiger partial charge in [0.05, 0.1) is 6.04 Å². The van der Waals surface area contributed by atoms with Crippen LogP contribution in [0.1, 0.15) is 42.5 Å². The highest BCUT2D eigenvalue weighted by Gasteiger charge is 2.18. The van der Waals surface area contributed by atoms with Gasteiger partial charge in [0.1, 0.15) is 0 Å². The molecular weight excluding hydrogens is 270 g/mol. The highest BCUT2D eigenvalue weighted by molar-refractivity contribution is 7.98. The first kappa shape index (κ1) is 15.1. The third kappa shape index (κ3) is 3.61. The van der Waals surface area contributed by atoms with Gasteiger partial charge in [-0.15, -0.1) is 10.2 Å². The van der Waals surface area contributed by atoms with E-state index in [4.69, 9.17) is 10.2 Å². The van der Waals surface area contributed by atoms with Gasteiger partial charge in [0.25, 0.3) is 5.22 Å². The van der Waals surface area contributed by atoms with E-state index in [1.54, 1.807) is 11.8 Å². The molecule has 0 bridgehead atoms. The normalized spacial score (nSPS) is 12.9. The minimum atomic E-state index is -0.197. The Kier molecular flexibility index (Phi) is 4.83. The van der Waals surface area contributed by atoms with Gasteiger partial charge in [0, 0.05) is 5.75 Å². The number of rotatable bonds is 5. The summed E-state index contributed by atoms with van der Waals surface area (Å²) in [5, 5.41) is 8.66. The molecule has 2 aromatic rings. The molecule has 5 heteroatoms. The summed E-state index contributed by atoms with van der Waals surface area (Å²) in [5.41, 5.74) is 9.83. The third-order valence-corrected chi connectivity index (χ3v) is 4.15. The maximum atomic E-state index is 6.00. The van der Waals surface area contributed by atoms with Crippen molar-refractivity contribution in [2.45, 2.75) is 44.7 Å². The average Bonchev–Trinajstić information content (AvgIpc) is 2.87. The molecule has 2 N–H and O–H groups in total. The standard InChI is InChI=1S/C15H21N3OS/c1-9(2)13(16)14-17-18-15(19-14)20-8-12-7-10(3)5-6-11(12)4/h5-7,9,13H,8,16H2,1-4H3/t13-/m0/s1. The Hall–Kier alpha value is -1.33. The maximum absolute atomic E-state index is 6.00. The average molecular weight is 291 g/mol. The number of aryl methyl sites for hydroxylation is 2. The fourth-order valence-electron chi connectivity index (χ4n) is 1.79. The molecule has 1 aromatic carbocycles. The van der Waals surface area contributed by atoms with E-state index in [-0.39, 0.29) is 12.0 Å². The van der Waals surface area contributed by atoms with E-state index in [0.717, 1.165) is 5.75 Å². The van der Waals surface area contributed by atoms with Crippen molar-refractivity contribution in [2.24, 2.45) is 11.7 Å². The van der Waals surface area contributed by atoms with Gasteiger partial charge in [-0.2, -0.15) is 0 Å². The Morgan fingerprint density at radius 2 is 2.00 bits per heavy atom. The van der Waals surface area contributed by atoms with Crippen LogP contribution in [0, 0.1) is 19.8 Å². The molecule has 0 saturated heterocycles. The van der Waals surface area contributed by atoms with E-state index in [1.165, 1.54) is 16.7 Å². The molecule has 108 valence electrons. The molecule has 1 aromatic heterocycles. The first-order valence-electron chi connectivity index (χ1n) is 6.75. The van der Waals surface area contributed by atoms with Gasteiger partial charge in [-0.05, 0) is 30.9 Å². The van der Waals surface area contributed by atoms with Crippen LogP contribution in [0.5, 0.6) is 0 Å². The number of hydrogen-bond acceptors (Lipinski definition) is 5. The minimum absolute atomic E-state index is 0.197. The van der Waals surface area contributed by atoms with Gasteiger partial charge < -0.3 is 10.2 Å². The van der Waals surface area contributed by atoms with Gasteiger partial charge in [-0.25, -0.2) is 0 Å². The molecule has 0 aliphatic rings. The predicted octanol–water partition coefficient (Wildman–Crippen LogP) is 3.63. The summed E-state index contributed by atoms with van der Waals surface area (Å²) in [6.07, 6.45) is 0. The van der Waals surface area contributed by atoms with E-state index in [0.29, 0.717) is 11.1 Å². The number of aromatic nitrogens is 2. The summed E-state index contributed by atoms with van der Waals surface area (Å²) in [6, 6.07) is 6.26. The zero-order valence-electron chi connectivity index (χ0n) is 12.4. The van der Waals surface area contributed by atoms with Crippen molar-refractivity contribution in [3.8, 4) is 0 Å². The van der Waals surface area contributed by atoms with E-state index in [9.17, 15) is 0 Å². The smallest absolute Gasteiger partial charge is 0.276 e. The highest BCUT2D eigenvalue weighted by atomic mass is 32.2. The van der Waals surface area contributed by atoms with Crippen LogP contribution in [0.4, 0.5) is 0 Å². The number of benzene rings is 1. The summed E-state index contributed by atoms with van der Waals surface area (Å²) in [7, 11) is 0. The van der Waals surface area contributed by atoms with Crippen molar-refractivity contribution in [1.29, 1.82) is 0 Å². The lowest BCUT2D eigenvalue weighted by atomic mass is 10.1. The Morgan fingerprint density at radius 1 is 1.25 bits per heavy atom. The summed E-state index contributed by atoms with van der Waals surface area (Å²) in [4.78, 5) is 0. The third-order valence-electron chi connectivity index (χ3n) is 3.28. The zero-order valence-corrected chi connectivity index (χ0v) is 13.2. The first-order valence-corrected chi connectivity index (χ1v) is 7.74. The van der Waals surface area contributed by atoms with E-state index < -0.39 is 0 Å². The van der Waals surface area contributed by atoms with Crippen LogP contribution in [0.25, 0.3) is 0 Å². The van der Waals surface area contributed by atoms with Crippen LogP contribution in [-0.2, 0) is 5.75 Å².